The molecule has 0 unspecified atom stereocenters. The van der Waals surface area contributed by atoms with E-state index in [2.05, 4.69) is 9.71 Å². The number of furan rings is 1. The van der Waals surface area contributed by atoms with Crippen molar-refractivity contribution in [1.29, 1.82) is 5.26 Å². The molecule has 4 rings (SSSR count). The van der Waals surface area contributed by atoms with E-state index in [0.717, 1.165) is 4.90 Å². The van der Waals surface area contributed by atoms with Crippen molar-refractivity contribution in [3.63, 3.8) is 0 Å². The molecule has 1 aliphatic rings. The van der Waals surface area contributed by atoms with Crippen molar-refractivity contribution in [2.24, 2.45) is 0 Å². The number of hydrogen-bond acceptors (Lipinski definition) is 9. The van der Waals surface area contributed by atoms with Gasteiger partial charge in [0.05, 0.1) is 17.5 Å². The second kappa shape index (κ2) is 9.90. The van der Waals surface area contributed by atoms with Crippen LogP contribution in [0.4, 0.5) is 5.13 Å². The lowest BCUT2D eigenvalue weighted by Crippen LogP contribution is -2.45. The highest BCUT2D eigenvalue weighted by Gasteiger charge is 2.36. The van der Waals surface area contributed by atoms with Crippen LogP contribution in [-0.2, 0) is 19.6 Å². The first-order chi connectivity index (χ1) is 17.1. The number of sulfonamides is 1. The maximum absolute atomic E-state index is 12.9. The van der Waals surface area contributed by atoms with Crippen LogP contribution >= 0.6 is 11.3 Å². The van der Waals surface area contributed by atoms with Crippen molar-refractivity contribution in [3.8, 4) is 17.4 Å². The summed E-state index contributed by atoms with van der Waals surface area (Å²) in [5, 5.41) is 21.0. The predicted octanol–water partition coefficient (Wildman–Crippen LogP) is 3.18. The Morgan fingerprint density at radius 1 is 1.22 bits per heavy atom. The summed E-state index contributed by atoms with van der Waals surface area (Å²) in [6.07, 6.45) is 1.96. The minimum atomic E-state index is -3.80. The molecule has 2 aromatic heterocycles. The van der Waals surface area contributed by atoms with Gasteiger partial charge in [0.1, 0.15) is 23.2 Å². The number of amides is 2. The molecule has 2 amide bonds. The van der Waals surface area contributed by atoms with Gasteiger partial charge in [0, 0.05) is 22.7 Å². The van der Waals surface area contributed by atoms with Crippen LogP contribution in [0.5, 0.6) is 0 Å². The van der Waals surface area contributed by atoms with Crippen molar-refractivity contribution in [3.05, 3.63) is 70.5 Å². The Balaban J connectivity index is 1.61. The average molecular weight is 525 g/mol. The molecular weight excluding hydrogens is 504 g/mol. The van der Waals surface area contributed by atoms with Crippen LogP contribution in [-0.4, -0.2) is 47.9 Å². The molecule has 36 heavy (non-hydrogen) atoms. The topological polar surface area (TPSA) is 154 Å². The fourth-order valence-corrected chi connectivity index (χ4v) is 5.32. The van der Waals surface area contributed by atoms with E-state index in [1.807, 2.05) is 6.07 Å². The molecule has 0 spiro atoms. The second-order valence-corrected chi connectivity index (χ2v) is 10.5. The van der Waals surface area contributed by atoms with Gasteiger partial charge < -0.3 is 9.52 Å². The van der Waals surface area contributed by atoms with Crippen LogP contribution in [0.3, 0.4) is 0 Å². The normalized spacial score (nSPS) is 16.4. The third kappa shape index (κ3) is 4.99. The van der Waals surface area contributed by atoms with Gasteiger partial charge in [-0.25, -0.2) is 13.4 Å². The Labute approximate surface area is 210 Å². The van der Waals surface area contributed by atoms with E-state index in [4.69, 9.17) is 4.42 Å². The number of anilines is 1. The number of aromatic nitrogens is 1. The van der Waals surface area contributed by atoms with Gasteiger partial charge in [-0.3, -0.25) is 19.2 Å². The summed E-state index contributed by atoms with van der Waals surface area (Å²) in [5.74, 6) is -0.685. The maximum Gasteiger partial charge on any atom is 0.271 e. The molecule has 1 atom stereocenters. The maximum atomic E-state index is 12.9. The molecule has 0 aliphatic carbocycles. The van der Waals surface area contributed by atoms with E-state index in [0.29, 0.717) is 17.1 Å². The number of aliphatic hydroxyl groups excluding tert-OH is 1. The third-order valence-corrected chi connectivity index (χ3v) is 7.46. The Morgan fingerprint density at radius 3 is 2.56 bits per heavy atom. The Hall–Kier alpha value is -4.05. The molecular formula is C24H20N4O6S2. The first-order valence-corrected chi connectivity index (χ1v) is 13.0. The SMILES string of the molecule is CC1=C(C#N)C(=O)N(C[C@H](C)O)C(=O)/C1=C\c1ccc(-c2ccc(S(=O)(=O)Nc3nccs3)cc2)o1. The van der Waals surface area contributed by atoms with E-state index >= 15 is 0 Å². The summed E-state index contributed by atoms with van der Waals surface area (Å²) in [6, 6.07) is 11.1. The molecule has 3 heterocycles. The number of nitrogens with one attached hydrogen (secondary N) is 1. The number of aliphatic hydroxyl groups is 1. The highest BCUT2D eigenvalue weighted by molar-refractivity contribution is 7.93. The Kier molecular flexibility index (Phi) is 6.89. The lowest BCUT2D eigenvalue weighted by atomic mass is 9.94. The first-order valence-electron chi connectivity index (χ1n) is 10.6. The second-order valence-electron chi connectivity index (χ2n) is 7.91. The predicted molar refractivity (Wildman–Crippen MR) is 132 cm³/mol. The number of benzene rings is 1. The summed E-state index contributed by atoms with van der Waals surface area (Å²) in [7, 11) is -3.80. The minimum Gasteiger partial charge on any atom is -0.457 e. The van der Waals surface area contributed by atoms with Crippen LogP contribution < -0.4 is 4.72 Å². The molecule has 0 saturated heterocycles. The van der Waals surface area contributed by atoms with Crippen LogP contribution in [0.1, 0.15) is 19.6 Å². The van der Waals surface area contributed by atoms with E-state index in [-0.39, 0.29) is 33.3 Å². The van der Waals surface area contributed by atoms with Crippen molar-refractivity contribution >= 4 is 44.4 Å². The number of nitriles is 1. The molecule has 184 valence electrons. The molecule has 10 nitrogen and oxygen atoms in total. The van der Waals surface area contributed by atoms with Gasteiger partial charge in [-0.1, -0.05) is 0 Å². The molecule has 12 heteroatoms. The lowest BCUT2D eigenvalue weighted by Gasteiger charge is -2.28. The molecule has 0 radical (unpaired) electrons. The number of hydrogen-bond donors (Lipinski definition) is 2. The van der Waals surface area contributed by atoms with Gasteiger partial charge in [-0.05, 0) is 61.9 Å². The standard InChI is InChI=1S/C24H20N4O6S2/c1-14(29)13-28-22(30)19(15(2)20(12-25)23(28)31)11-17-5-8-21(34-17)16-3-6-18(7-4-16)36(32,33)27-24-26-9-10-35-24/h3-11,14,29H,13H2,1-2H3,(H,26,27)/b19-11-/t14-/m0/s1. The zero-order valence-corrected chi connectivity index (χ0v) is 20.8. The van der Waals surface area contributed by atoms with Crippen LogP contribution in [0.2, 0.25) is 0 Å². The van der Waals surface area contributed by atoms with Crippen molar-refractivity contribution in [1.82, 2.24) is 9.88 Å². The molecule has 0 saturated carbocycles. The number of β-amino-alcohol motifs (C(OH)–C–C–N with tert-alkyl or cyclic N) is 1. The molecule has 3 aromatic rings. The van der Waals surface area contributed by atoms with Crippen LogP contribution in [0.15, 0.2) is 74.0 Å². The molecule has 1 aromatic carbocycles. The number of carbonyl (C=O) groups is 2. The van der Waals surface area contributed by atoms with Gasteiger partial charge in [-0.2, -0.15) is 5.26 Å². The summed E-state index contributed by atoms with van der Waals surface area (Å²) < 4.78 is 33.3. The zero-order chi connectivity index (χ0) is 26.0. The average Bonchev–Trinajstić information content (AvgIpc) is 3.52. The van der Waals surface area contributed by atoms with E-state index in [1.54, 1.807) is 29.6 Å². The molecule has 1 aliphatic heterocycles. The van der Waals surface area contributed by atoms with E-state index in [1.165, 1.54) is 49.6 Å². The molecule has 2 N–H and O–H groups in total. The van der Waals surface area contributed by atoms with Crippen LogP contribution in [0, 0.1) is 11.3 Å². The summed E-state index contributed by atoms with van der Waals surface area (Å²) in [5.41, 5.74) is 0.729. The number of thiazole rings is 1. The molecule has 0 fully saturated rings. The van der Waals surface area contributed by atoms with Crippen molar-refractivity contribution in [2.75, 3.05) is 11.3 Å². The highest BCUT2D eigenvalue weighted by Crippen LogP contribution is 2.30. The summed E-state index contributed by atoms with van der Waals surface area (Å²) >= 11 is 1.17. The fraction of sp³-hybridized carbons (Fsp3) is 0.167. The van der Waals surface area contributed by atoms with E-state index < -0.39 is 27.9 Å². The molecule has 0 bridgehead atoms. The number of rotatable bonds is 7. The highest BCUT2D eigenvalue weighted by atomic mass is 32.2. The van der Waals surface area contributed by atoms with Gasteiger partial charge in [0.2, 0.25) is 0 Å². The first kappa shape index (κ1) is 25.1. The Bertz CT molecular complexity index is 1530. The zero-order valence-electron chi connectivity index (χ0n) is 19.1. The van der Waals surface area contributed by atoms with Gasteiger partial charge in [0.25, 0.3) is 21.8 Å². The fourth-order valence-electron chi connectivity index (χ4n) is 3.53. The smallest absolute Gasteiger partial charge is 0.271 e. The lowest BCUT2D eigenvalue weighted by molar-refractivity contribution is -0.141. The van der Waals surface area contributed by atoms with E-state index in [9.17, 15) is 28.4 Å². The van der Waals surface area contributed by atoms with Crippen LogP contribution in [0.25, 0.3) is 17.4 Å². The Morgan fingerprint density at radius 2 is 1.94 bits per heavy atom. The quantitative estimate of drug-likeness (QED) is 0.353. The van der Waals surface area contributed by atoms with Crippen molar-refractivity contribution in [2.45, 2.75) is 24.8 Å². The van der Waals surface area contributed by atoms with Crippen molar-refractivity contribution < 1.29 is 27.5 Å². The van der Waals surface area contributed by atoms with Gasteiger partial charge >= 0.3 is 0 Å². The van der Waals surface area contributed by atoms with Gasteiger partial charge in [0.15, 0.2) is 5.13 Å². The summed E-state index contributed by atoms with van der Waals surface area (Å²) in [4.78, 5) is 30.2. The number of nitrogens with zero attached hydrogens (tertiary/aromatic N) is 3. The van der Waals surface area contributed by atoms with Gasteiger partial charge in [-0.15, -0.1) is 11.3 Å². The monoisotopic (exact) mass is 524 g/mol. The number of carbonyl (C=O) groups excluding carboxylic acids is 2. The largest absolute Gasteiger partial charge is 0.457 e. The summed E-state index contributed by atoms with van der Waals surface area (Å²) in [6.45, 7) is 2.69. The minimum absolute atomic E-state index is 0.0517. The number of imide groups is 1. The third-order valence-electron chi connectivity index (χ3n) is 5.29.